The van der Waals surface area contributed by atoms with Gasteiger partial charge in [-0.1, -0.05) is 39.0 Å². The number of nitrogens with zero attached hydrogens (tertiary/aromatic N) is 1. The van der Waals surface area contributed by atoms with Crippen molar-refractivity contribution < 1.29 is 4.79 Å². The molecule has 0 aromatic heterocycles. The molecule has 1 N–H and O–H groups in total. The fourth-order valence-corrected chi connectivity index (χ4v) is 2.01. The summed E-state index contributed by atoms with van der Waals surface area (Å²) in [6, 6.07) is 0.291. The summed E-state index contributed by atoms with van der Waals surface area (Å²) < 4.78 is 0. The first kappa shape index (κ1) is 12.3. The highest BCUT2D eigenvalue weighted by Crippen LogP contribution is 2.17. The van der Waals surface area contributed by atoms with Crippen molar-refractivity contribution in [3.63, 3.8) is 0 Å². The van der Waals surface area contributed by atoms with E-state index in [0.29, 0.717) is 12.6 Å². The first-order chi connectivity index (χ1) is 7.33. The van der Waals surface area contributed by atoms with E-state index < -0.39 is 0 Å². The number of unbranched alkanes of at least 4 members (excludes halogenated alkanes) is 2. The maximum atomic E-state index is 11.4. The Morgan fingerprint density at radius 3 is 2.67 bits per heavy atom. The summed E-state index contributed by atoms with van der Waals surface area (Å²) in [5.74, 6) is 0. The maximum absolute atomic E-state index is 11.4. The van der Waals surface area contributed by atoms with E-state index >= 15 is 0 Å². The summed E-state index contributed by atoms with van der Waals surface area (Å²) in [7, 11) is 0. The lowest BCUT2D eigenvalue weighted by molar-refractivity contribution is 0.231. The minimum Gasteiger partial charge on any atom is -0.334 e. The smallest absolute Gasteiger partial charge is 0.334 e. The maximum Gasteiger partial charge on any atom is 0.336 e. The fourth-order valence-electron chi connectivity index (χ4n) is 2.01. The SMILES string of the molecule is CCCCC[N]C(=O)NC1CCCCC1. The van der Waals surface area contributed by atoms with E-state index in [1.54, 1.807) is 0 Å². The predicted octanol–water partition coefficient (Wildman–Crippen LogP) is 2.82. The molecule has 1 fully saturated rings. The first-order valence-corrected chi connectivity index (χ1v) is 6.31. The Bertz CT molecular complexity index is 176. The van der Waals surface area contributed by atoms with Crippen LogP contribution in [-0.2, 0) is 0 Å². The van der Waals surface area contributed by atoms with Crippen LogP contribution < -0.4 is 10.6 Å². The van der Waals surface area contributed by atoms with E-state index in [1.165, 1.54) is 32.1 Å². The van der Waals surface area contributed by atoms with Crippen molar-refractivity contribution in [2.45, 2.75) is 64.3 Å². The third kappa shape index (κ3) is 5.65. The van der Waals surface area contributed by atoms with Gasteiger partial charge in [-0.25, -0.2) is 10.1 Å². The van der Waals surface area contributed by atoms with Crippen molar-refractivity contribution in [2.24, 2.45) is 0 Å². The molecule has 0 unspecified atom stereocenters. The Hall–Kier alpha value is -0.730. The predicted molar refractivity (Wildman–Crippen MR) is 61.9 cm³/mol. The number of carbonyl (C=O) groups excluding carboxylic acids is 1. The van der Waals surface area contributed by atoms with Gasteiger partial charge in [-0.2, -0.15) is 0 Å². The van der Waals surface area contributed by atoms with E-state index in [9.17, 15) is 4.79 Å². The van der Waals surface area contributed by atoms with Crippen LogP contribution in [0.15, 0.2) is 0 Å². The zero-order chi connectivity index (χ0) is 10.9. The molecule has 1 aliphatic rings. The summed E-state index contributed by atoms with van der Waals surface area (Å²) >= 11 is 0. The first-order valence-electron chi connectivity index (χ1n) is 6.31. The van der Waals surface area contributed by atoms with Crippen molar-refractivity contribution >= 4 is 6.03 Å². The Morgan fingerprint density at radius 1 is 1.27 bits per heavy atom. The van der Waals surface area contributed by atoms with Gasteiger partial charge in [0.05, 0.1) is 0 Å². The largest absolute Gasteiger partial charge is 0.336 e. The van der Waals surface area contributed by atoms with Crippen molar-refractivity contribution in [1.29, 1.82) is 0 Å². The molecule has 0 saturated heterocycles. The molecule has 1 saturated carbocycles. The number of carbonyl (C=O) groups is 1. The van der Waals surface area contributed by atoms with E-state index in [1.807, 2.05) is 0 Å². The molecule has 2 amide bonds. The normalized spacial score (nSPS) is 17.4. The highest BCUT2D eigenvalue weighted by atomic mass is 16.2. The minimum atomic E-state index is -0.0991. The molecule has 3 nitrogen and oxygen atoms in total. The van der Waals surface area contributed by atoms with E-state index in [-0.39, 0.29) is 6.03 Å². The van der Waals surface area contributed by atoms with Gasteiger partial charge in [0.2, 0.25) is 0 Å². The van der Waals surface area contributed by atoms with Gasteiger partial charge >= 0.3 is 6.03 Å². The molecule has 87 valence electrons. The Morgan fingerprint density at radius 2 is 2.00 bits per heavy atom. The van der Waals surface area contributed by atoms with Crippen molar-refractivity contribution in [3.8, 4) is 0 Å². The van der Waals surface area contributed by atoms with Gasteiger partial charge in [-0.05, 0) is 19.3 Å². The molecule has 0 aliphatic heterocycles. The van der Waals surface area contributed by atoms with Crippen molar-refractivity contribution in [1.82, 2.24) is 10.6 Å². The molecular formula is C12H23N2O. The lowest BCUT2D eigenvalue weighted by Crippen LogP contribution is -2.40. The Kier molecular flexibility index (Phi) is 6.21. The highest BCUT2D eigenvalue weighted by molar-refractivity contribution is 5.73. The van der Waals surface area contributed by atoms with E-state index in [4.69, 9.17) is 0 Å². The summed E-state index contributed by atoms with van der Waals surface area (Å²) in [4.78, 5) is 11.4. The molecule has 15 heavy (non-hydrogen) atoms. The van der Waals surface area contributed by atoms with Gasteiger partial charge in [0.1, 0.15) is 0 Å². The highest BCUT2D eigenvalue weighted by Gasteiger charge is 2.15. The molecule has 3 heteroatoms. The van der Waals surface area contributed by atoms with Gasteiger partial charge in [0, 0.05) is 12.6 Å². The summed E-state index contributed by atoms with van der Waals surface area (Å²) in [6.45, 7) is 2.84. The van der Waals surface area contributed by atoms with Gasteiger partial charge in [-0.3, -0.25) is 0 Å². The molecule has 0 spiro atoms. The molecule has 1 radical (unpaired) electrons. The van der Waals surface area contributed by atoms with Crippen LogP contribution in [0.4, 0.5) is 4.79 Å². The zero-order valence-corrected chi connectivity index (χ0v) is 9.80. The molecular weight excluding hydrogens is 188 g/mol. The Labute approximate surface area is 93.0 Å². The number of amides is 2. The number of hydrogen-bond acceptors (Lipinski definition) is 1. The number of rotatable bonds is 5. The summed E-state index contributed by atoms with van der Waals surface area (Å²) in [5.41, 5.74) is 0. The monoisotopic (exact) mass is 211 g/mol. The van der Waals surface area contributed by atoms with Gasteiger partial charge in [-0.15, -0.1) is 0 Å². The van der Waals surface area contributed by atoms with Gasteiger partial charge in [0.15, 0.2) is 0 Å². The number of hydrogen-bond donors (Lipinski definition) is 1. The Balaban J connectivity index is 2.01. The van der Waals surface area contributed by atoms with Crippen LogP contribution in [0.1, 0.15) is 58.3 Å². The van der Waals surface area contributed by atoms with Crippen LogP contribution in [0.25, 0.3) is 0 Å². The second-order valence-electron chi connectivity index (χ2n) is 4.37. The standard InChI is InChI=1S/C12H23N2O/c1-2-3-7-10-13-12(15)14-11-8-5-4-6-9-11/h11H,2-10H2,1H3,(H,14,15). The molecule has 0 atom stereocenters. The molecule has 0 aromatic rings. The van der Waals surface area contributed by atoms with Crippen LogP contribution in [-0.4, -0.2) is 18.6 Å². The third-order valence-electron chi connectivity index (χ3n) is 2.95. The van der Waals surface area contributed by atoms with Gasteiger partial charge in [0.25, 0.3) is 0 Å². The fraction of sp³-hybridized carbons (Fsp3) is 0.917. The number of urea groups is 1. The molecule has 0 aromatic carbocycles. The molecule has 0 heterocycles. The third-order valence-corrected chi connectivity index (χ3v) is 2.95. The second kappa shape index (κ2) is 7.55. The zero-order valence-electron chi connectivity index (χ0n) is 9.80. The second-order valence-corrected chi connectivity index (χ2v) is 4.37. The van der Waals surface area contributed by atoms with Gasteiger partial charge < -0.3 is 5.32 Å². The lowest BCUT2D eigenvalue weighted by Gasteiger charge is -2.22. The molecule has 0 bridgehead atoms. The van der Waals surface area contributed by atoms with E-state index in [0.717, 1.165) is 19.3 Å². The average molecular weight is 211 g/mol. The van der Waals surface area contributed by atoms with Crippen molar-refractivity contribution in [3.05, 3.63) is 0 Å². The average Bonchev–Trinajstić information content (AvgIpc) is 2.26. The van der Waals surface area contributed by atoms with Crippen molar-refractivity contribution in [2.75, 3.05) is 6.54 Å². The topological polar surface area (TPSA) is 43.2 Å². The summed E-state index contributed by atoms with van der Waals surface area (Å²) in [5, 5.41) is 7.00. The molecule has 1 rings (SSSR count). The van der Waals surface area contributed by atoms with Crippen LogP contribution >= 0.6 is 0 Å². The summed E-state index contributed by atoms with van der Waals surface area (Å²) in [6.07, 6.45) is 9.47. The van der Waals surface area contributed by atoms with Crippen LogP contribution in [0.3, 0.4) is 0 Å². The van der Waals surface area contributed by atoms with Crippen LogP contribution in [0.5, 0.6) is 0 Å². The minimum absolute atomic E-state index is 0.0991. The van der Waals surface area contributed by atoms with Crippen LogP contribution in [0, 0.1) is 0 Å². The van der Waals surface area contributed by atoms with E-state index in [2.05, 4.69) is 17.6 Å². The number of nitrogens with one attached hydrogen (secondary N) is 1. The lowest BCUT2D eigenvalue weighted by atomic mass is 9.96. The molecule has 1 aliphatic carbocycles. The van der Waals surface area contributed by atoms with Crippen LogP contribution in [0.2, 0.25) is 0 Å². The quantitative estimate of drug-likeness (QED) is 0.698.